The lowest BCUT2D eigenvalue weighted by molar-refractivity contribution is 0.127. The molecule has 3 rings (SSSR count). The van der Waals surface area contributed by atoms with E-state index in [0.717, 1.165) is 19.4 Å². The van der Waals surface area contributed by atoms with E-state index in [1.165, 1.54) is 0 Å². The van der Waals surface area contributed by atoms with Crippen LogP contribution >= 0.6 is 11.6 Å². The van der Waals surface area contributed by atoms with E-state index in [4.69, 9.17) is 11.6 Å². The molecule has 5 heteroatoms. The number of aliphatic hydroxyl groups is 1. The molecule has 1 aliphatic carbocycles. The van der Waals surface area contributed by atoms with Gasteiger partial charge in [-0.2, -0.15) is 0 Å². The Morgan fingerprint density at radius 2 is 2.11 bits per heavy atom. The Morgan fingerprint density at radius 1 is 1.32 bits per heavy atom. The maximum atomic E-state index is 12.2. The summed E-state index contributed by atoms with van der Waals surface area (Å²) in [6.07, 6.45) is 1.64. The minimum absolute atomic E-state index is 0.130. The third-order valence-corrected chi connectivity index (χ3v) is 4.55. The number of halogens is 1. The number of carbonyl (C=O) groups is 1. The van der Waals surface area contributed by atoms with Crippen LogP contribution in [-0.2, 0) is 0 Å². The van der Waals surface area contributed by atoms with Gasteiger partial charge >= 0.3 is 6.03 Å². The molecule has 3 unspecified atom stereocenters. The summed E-state index contributed by atoms with van der Waals surface area (Å²) in [4.78, 5) is 14.0. The number of benzene rings is 1. The molecule has 2 amide bonds. The summed E-state index contributed by atoms with van der Waals surface area (Å²) in [6, 6.07) is 7.07. The van der Waals surface area contributed by atoms with E-state index in [0.29, 0.717) is 23.2 Å². The van der Waals surface area contributed by atoms with Gasteiger partial charge in [0.2, 0.25) is 0 Å². The van der Waals surface area contributed by atoms with Crippen LogP contribution in [0, 0.1) is 11.8 Å². The largest absolute Gasteiger partial charge is 0.393 e. The molecule has 1 saturated heterocycles. The smallest absolute Gasteiger partial charge is 0.321 e. The van der Waals surface area contributed by atoms with Gasteiger partial charge in [0, 0.05) is 19.0 Å². The number of fused-ring (bicyclic) bond motifs is 1. The van der Waals surface area contributed by atoms with E-state index in [1.54, 1.807) is 17.0 Å². The Balaban J connectivity index is 1.65. The number of likely N-dealkylation sites (tertiary alicyclic amines) is 1. The van der Waals surface area contributed by atoms with Gasteiger partial charge < -0.3 is 15.3 Å². The van der Waals surface area contributed by atoms with Gasteiger partial charge in [-0.3, -0.25) is 0 Å². The highest BCUT2D eigenvalue weighted by molar-refractivity contribution is 6.33. The summed E-state index contributed by atoms with van der Waals surface area (Å²) < 4.78 is 0. The van der Waals surface area contributed by atoms with E-state index < -0.39 is 0 Å². The van der Waals surface area contributed by atoms with Crippen molar-refractivity contribution < 1.29 is 9.90 Å². The van der Waals surface area contributed by atoms with Crippen LogP contribution in [0.15, 0.2) is 24.3 Å². The lowest BCUT2D eigenvalue weighted by Gasteiger charge is -2.19. The lowest BCUT2D eigenvalue weighted by atomic mass is 10.00. The molecule has 2 aliphatic rings. The van der Waals surface area contributed by atoms with Crippen LogP contribution in [0.2, 0.25) is 5.02 Å². The van der Waals surface area contributed by atoms with Gasteiger partial charge in [0.15, 0.2) is 0 Å². The summed E-state index contributed by atoms with van der Waals surface area (Å²) in [6.45, 7) is 1.38. The van der Waals surface area contributed by atoms with Gasteiger partial charge in [-0.15, -0.1) is 0 Å². The normalized spacial score (nSPS) is 29.4. The van der Waals surface area contributed by atoms with E-state index in [1.807, 2.05) is 12.1 Å². The van der Waals surface area contributed by atoms with E-state index in [2.05, 4.69) is 5.32 Å². The minimum atomic E-state index is -0.247. The zero-order chi connectivity index (χ0) is 13.4. The number of hydrogen-bond acceptors (Lipinski definition) is 2. The van der Waals surface area contributed by atoms with Crippen molar-refractivity contribution in [1.82, 2.24) is 4.90 Å². The van der Waals surface area contributed by atoms with Gasteiger partial charge in [0.25, 0.3) is 0 Å². The number of nitrogens with one attached hydrogen (secondary N) is 1. The molecule has 2 fully saturated rings. The van der Waals surface area contributed by atoms with Gasteiger partial charge in [0.1, 0.15) is 0 Å². The summed E-state index contributed by atoms with van der Waals surface area (Å²) >= 11 is 6.02. The number of rotatable bonds is 1. The van der Waals surface area contributed by atoms with Crippen molar-refractivity contribution >= 4 is 23.3 Å². The van der Waals surface area contributed by atoms with Crippen molar-refractivity contribution in [3.05, 3.63) is 29.3 Å². The summed E-state index contributed by atoms with van der Waals surface area (Å²) in [5, 5.41) is 13.2. The predicted molar refractivity (Wildman–Crippen MR) is 74.3 cm³/mol. The number of nitrogens with zero attached hydrogens (tertiary/aromatic N) is 1. The fourth-order valence-electron chi connectivity index (χ4n) is 3.16. The predicted octanol–water partition coefficient (Wildman–Crippen LogP) is 2.57. The maximum absolute atomic E-state index is 12.2. The average molecular weight is 281 g/mol. The van der Waals surface area contributed by atoms with Gasteiger partial charge in [-0.1, -0.05) is 23.7 Å². The van der Waals surface area contributed by atoms with Crippen LogP contribution in [0.4, 0.5) is 10.5 Å². The first-order valence-electron chi connectivity index (χ1n) is 6.63. The third-order valence-electron chi connectivity index (χ3n) is 4.22. The van der Waals surface area contributed by atoms with Crippen molar-refractivity contribution in [3.63, 3.8) is 0 Å². The topological polar surface area (TPSA) is 52.6 Å². The molecular formula is C14H17ClN2O2. The van der Waals surface area contributed by atoms with Crippen molar-refractivity contribution in [1.29, 1.82) is 0 Å². The average Bonchev–Trinajstić information content (AvgIpc) is 2.95. The molecule has 0 spiro atoms. The van der Waals surface area contributed by atoms with Crippen LogP contribution in [0.25, 0.3) is 0 Å². The first kappa shape index (κ1) is 12.8. The highest BCUT2D eigenvalue weighted by Crippen LogP contribution is 2.38. The number of para-hydroxylation sites is 1. The standard InChI is InChI=1S/C14H17ClN2O2/c15-11-3-1-2-4-12(11)16-14(19)17-7-9-5-6-13(18)10(9)8-17/h1-4,9-10,13,18H,5-8H2,(H,16,19). The van der Waals surface area contributed by atoms with E-state index in [-0.39, 0.29) is 18.1 Å². The first-order chi connectivity index (χ1) is 9.15. The highest BCUT2D eigenvalue weighted by Gasteiger charge is 2.43. The number of carbonyl (C=O) groups excluding carboxylic acids is 1. The summed E-state index contributed by atoms with van der Waals surface area (Å²) in [7, 11) is 0. The molecule has 1 heterocycles. The van der Waals surface area contributed by atoms with Crippen LogP contribution in [-0.4, -0.2) is 35.2 Å². The highest BCUT2D eigenvalue weighted by atomic mass is 35.5. The Hall–Kier alpha value is -1.26. The van der Waals surface area contributed by atoms with Crippen molar-refractivity contribution in [3.8, 4) is 0 Å². The molecule has 1 aromatic rings. The Bertz CT molecular complexity index is 494. The Morgan fingerprint density at radius 3 is 2.84 bits per heavy atom. The third kappa shape index (κ3) is 2.42. The zero-order valence-electron chi connectivity index (χ0n) is 10.6. The van der Waals surface area contributed by atoms with E-state index in [9.17, 15) is 9.90 Å². The molecule has 1 aliphatic heterocycles. The number of hydrogen-bond donors (Lipinski definition) is 2. The Labute approximate surface area is 117 Å². The number of anilines is 1. The van der Waals surface area contributed by atoms with E-state index >= 15 is 0 Å². The second kappa shape index (κ2) is 5.02. The number of urea groups is 1. The van der Waals surface area contributed by atoms with Gasteiger partial charge in [0.05, 0.1) is 16.8 Å². The SMILES string of the molecule is O=C(Nc1ccccc1Cl)N1CC2CCC(O)C2C1. The molecule has 19 heavy (non-hydrogen) atoms. The van der Waals surface area contributed by atoms with Crippen molar-refractivity contribution in [2.75, 3.05) is 18.4 Å². The molecule has 2 N–H and O–H groups in total. The molecular weight excluding hydrogens is 264 g/mol. The molecule has 3 atom stereocenters. The monoisotopic (exact) mass is 280 g/mol. The van der Waals surface area contributed by atoms with Crippen LogP contribution in [0.5, 0.6) is 0 Å². The number of aliphatic hydroxyl groups excluding tert-OH is 1. The lowest BCUT2D eigenvalue weighted by Crippen LogP contribution is -2.34. The number of amides is 2. The fourth-order valence-corrected chi connectivity index (χ4v) is 3.34. The fraction of sp³-hybridized carbons (Fsp3) is 0.500. The molecule has 102 valence electrons. The maximum Gasteiger partial charge on any atom is 0.321 e. The first-order valence-corrected chi connectivity index (χ1v) is 7.01. The molecule has 0 radical (unpaired) electrons. The second-order valence-corrected chi connectivity index (χ2v) is 5.79. The van der Waals surface area contributed by atoms with Crippen LogP contribution < -0.4 is 5.32 Å². The Kier molecular flexibility index (Phi) is 3.37. The molecule has 4 nitrogen and oxygen atoms in total. The molecule has 1 saturated carbocycles. The second-order valence-electron chi connectivity index (χ2n) is 5.38. The molecule has 0 bridgehead atoms. The summed E-state index contributed by atoms with van der Waals surface area (Å²) in [5.41, 5.74) is 0.631. The van der Waals surface area contributed by atoms with Crippen LogP contribution in [0.3, 0.4) is 0 Å². The van der Waals surface area contributed by atoms with Crippen LogP contribution in [0.1, 0.15) is 12.8 Å². The minimum Gasteiger partial charge on any atom is -0.393 e. The molecule has 1 aromatic carbocycles. The molecule has 0 aromatic heterocycles. The van der Waals surface area contributed by atoms with Crippen molar-refractivity contribution in [2.24, 2.45) is 11.8 Å². The van der Waals surface area contributed by atoms with Crippen molar-refractivity contribution in [2.45, 2.75) is 18.9 Å². The van der Waals surface area contributed by atoms with Gasteiger partial charge in [-0.05, 0) is 30.9 Å². The summed E-state index contributed by atoms with van der Waals surface area (Å²) in [5.74, 6) is 0.698. The quantitative estimate of drug-likeness (QED) is 0.831. The zero-order valence-corrected chi connectivity index (χ0v) is 11.3. The van der Waals surface area contributed by atoms with Gasteiger partial charge in [-0.25, -0.2) is 4.79 Å².